The van der Waals surface area contributed by atoms with E-state index in [0.29, 0.717) is 17.1 Å². The number of fused-ring (bicyclic) bond motifs is 1. The van der Waals surface area contributed by atoms with E-state index in [1.54, 1.807) is 0 Å². The van der Waals surface area contributed by atoms with Gasteiger partial charge in [-0.2, -0.15) is 17.5 Å². The largest absolute Gasteiger partial charge is 0.511 e. The molecule has 0 spiro atoms. The van der Waals surface area contributed by atoms with Crippen LogP contribution in [0, 0.1) is 5.92 Å². The normalized spacial score (nSPS) is 35.2. The summed E-state index contributed by atoms with van der Waals surface area (Å²) in [5, 5.41) is 10.3. The zero-order chi connectivity index (χ0) is 13.6. The van der Waals surface area contributed by atoms with Crippen molar-refractivity contribution in [2.45, 2.75) is 43.2 Å². The number of sulfonamides is 1. The number of hydrogen-bond donors (Lipinski definition) is 1. The van der Waals surface area contributed by atoms with Gasteiger partial charge in [0.1, 0.15) is 0 Å². The Balaban J connectivity index is 2.17. The van der Waals surface area contributed by atoms with E-state index in [9.17, 15) is 26.7 Å². The minimum atomic E-state index is -5.25. The van der Waals surface area contributed by atoms with Gasteiger partial charge < -0.3 is 5.11 Å². The number of halogens is 3. The van der Waals surface area contributed by atoms with Crippen LogP contribution in [-0.2, 0) is 10.0 Å². The lowest BCUT2D eigenvalue weighted by Crippen LogP contribution is -2.56. The molecule has 0 aromatic rings. The summed E-state index contributed by atoms with van der Waals surface area (Å²) in [6.07, 6.45) is 2.90. The van der Waals surface area contributed by atoms with E-state index in [-0.39, 0.29) is 25.4 Å². The monoisotopic (exact) mass is 287 g/mol. The van der Waals surface area contributed by atoms with Crippen molar-refractivity contribution in [3.05, 3.63) is 0 Å². The van der Waals surface area contributed by atoms with Crippen LogP contribution in [0.2, 0.25) is 0 Å². The highest BCUT2D eigenvalue weighted by atomic mass is 32.2. The van der Waals surface area contributed by atoms with Gasteiger partial charge in [-0.15, -0.1) is 0 Å². The molecule has 0 bridgehead atoms. The van der Waals surface area contributed by atoms with Crippen LogP contribution in [0.15, 0.2) is 0 Å². The second-order valence-corrected chi connectivity index (χ2v) is 7.03. The van der Waals surface area contributed by atoms with Crippen LogP contribution >= 0.6 is 0 Å². The predicted octanol–water partition coefficient (Wildman–Crippen LogP) is 1.46. The first-order chi connectivity index (χ1) is 8.17. The van der Waals surface area contributed by atoms with E-state index < -0.39 is 21.1 Å². The van der Waals surface area contributed by atoms with E-state index >= 15 is 0 Å². The zero-order valence-electron chi connectivity index (χ0n) is 9.78. The Morgan fingerprint density at radius 2 is 1.89 bits per heavy atom. The number of piperidine rings is 1. The molecule has 2 rings (SSSR count). The number of rotatable bonds is 1. The molecule has 0 amide bonds. The second kappa shape index (κ2) is 4.35. The van der Waals surface area contributed by atoms with Crippen LogP contribution in [0.1, 0.15) is 32.1 Å². The van der Waals surface area contributed by atoms with Crippen LogP contribution in [0.3, 0.4) is 0 Å². The third-order valence-electron chi connectivity index (χ3n) is 4.02. The van der Waals surface area contributed by atoms with Crippen molar-refractivity contribution in [3.63, 3.8) is 0 Å². The fourth-order valence-corrected chi connectivity index (χ4v) is 3.91. The van der Waals surface area contributed by atoms with Crippen LogP contribution in [0.5, 0.6) is 0 Å². The summed E-state index contributed by atoms with van der Waals surface area (Å²) in [5.41, 5.74) is -6.23. The zero-order valence-corrected chi connectivity index (χ0v) is 10.6. The molecule has 8 heteroatoms. The van der Waals surface area contributed by atoms with Gasteiger partial charge in [0, 0.05) is 19.0 Å². The minimum Gasteiger partial charge on any atom is -0.390 e. The third kappa shape index (κ3) is 2.25. The van der Waals surface area contributed by atoms with Gasteiger partial charge >= 0.3 is 15.5 Å². The van der Waals surface area contributed by atoms with E-state index in [2.05, 4.69) is 0 Å². The molecule has 2 unspecified atom stereocenters. The smallest absolute Gasteiger partial charge is 0.390 e. The Labute approximate surface area is 104 Å². The highest BCUT2D eigenvalue weighted by Gasteiger charge is 2.54. The van der Waals surface area contributed by atoms with Gasteiger partial charge in [0.15, 0.2) is 0 Å². The molecular formula is C10H16F3NO3S. The van der Waals surface area contributed by atoms with Crippen LogP contribution in [0.25, 0.3) is 0 Å². The average molecular weight is 287 g/mol. The van der Waals surface area contributed by atoms with Crippen LogP contribution in [0.4, 0.5) is 13.2 Å². The molecule has 4 nitrogen and oxygen atoms in total. The molecule has 1 saturated carbocycles. The van der Waals surface area contributed by atoms with Gasteiger partial charge in [-0.1, -0.05) is 12.8 Å². The maximum atomic E-state index is 12.4. The summed E-state index contributed by atoms with van der Waals surface area (Å²) in [5.74, 6) is -0.378. The molecule has 1 heterocycles. The predicted molar refractivity (Wildman–Crippen MR) is 58.1 cm³/mol. The van der Waals surface area contributed by atoms with Crippen molar-refractivity contribution < 1.29 is 26.7 Å². The van der Waals surface area contributed by atoms with Gasteiger partial charge in [-0.25, -0.2) is 8.42 Å². The lowest BCUT2D eigenvalue weighted by atomic mass is 9.72. The Hall–Kier alpha value is -0.340. The summed E-state index contributed by atoms with van der Waals surface area (Å²) in [7, 11) is -5.25. The maximum Gasteiger partial charge on any atom is 0.511 e. The molecule has 1 aliphatic carbocycles. The molecule has 2 fully saturated rings. The van der Waals surface area contributed by atoms with E-state index in [1.807, 2.05) is 0 Å². The fraction of sp³-hybridized carbons (Fsp3) is 1.00. The van der Waals surface area contributed by atoms with E-state index in [1.165, 1.54) is 0 Å². The lowest BCUT2D eigenvalue weighted by molar-refractivity contribution is -0.0891. The van der Waals surface area contributed by atoms with E-state index in [0.717, 1.165) is 12.8 Å². The van der Waals surface area contributed by atoms with Crippen molar-refractivity contribution in [1.29, 1.82) is 0 Å². The van der Waals surface area contributed by atoms with Crippen molar-refractivity contribution in [2.24, 2.45) is 5.92 Å². The summed E-state index contributed by atoms with van der Waals surface area (Å²) in [6, 6.07) is 0. The molecule has 1 saturated heterocycles. The van der Waals surface area contributed by atoms with Gasteiger partial charge in [0.25, 0.3) is 0 Å². The number of aliphatic hydroxyl groups is 1. The van der Waals surface area contributed by atoms with Gasteiger partial charge in [0.05, 0.1) is 5.60 Å². The van der Waals surface area contributed by atoms with E-state index in [4.69, 9.17) is 0 Å². The van der Waals surface area contributed by atoms with Crippen LogP contribution < -0.4 is 0 Å². The van der Waals surface area contributed by atoms with Crippen molar-refractivity contribution in [2.75, 3.05) is 13.1 Å². The molecule has 2 atom stereocenters. The Morgan fingerprint density at radius 3 is 2.50 bits per heavy atom. The standard InChI is InChI=1S/C10H16F3NO3S/c11-10(12,13)18(16,17)14-6-5-9(15)4-2-1-3-8(9)7-14/h8,15H,1-7H2. The number of alkyl halides is 3. The summed E-state index contributed by atoms with van der Waals surface area (Å²) < 4.78 is 60.4. The SMILES string of the molecule is O=S(=O)(N1CCC2(O)CCCCC2C1)C(F)(F)F. The highest BCUT2D eigenvalue weighted by molar-refractivity contribution is 7.90. The van der Waals surface area contributed by atoms with Gasteiger partial charge in [-0.3, -0.25) is 0 Å². The first kappa shape index (κ1) is 14.1. The minimum absolute atomic E-state index is 0.0903. The molecule has 18 heavy (non-hydrogen) atoms. The molecule has 1 aliphatic heterocycles. The maximum absolute atomic E-state index is 12.4. The summed E-state index contributed by atoms with van der Waals surface area (Å²) >= 11 is 0. The van der Waals surface area contributed by atoms with Gasteiger partial charge in [-0.05, 0) is 19.3 Å². The molecular weight excluding hydrogens is 271 g/mol. The van der Waals surface area contributed by atoms with Crippen molar-refractivity contribution in [1.82, 2.24) is 4.31 Å². The lowest BCUT2D eigenvalue weighted by Gasteiger charge is -2.46. The summed E-state index contributed by atoms with van der Waals surface area (Å²) in [4.78, 5) is 0. The summed E-state index contributed by atoms with van der Waals surface area (Å²) in [6.45, 7) is -0.479. The first-order valence-corrected chi connectivity index (χ1v) is 7.40. The van der Waals surface area contributed by atoms with Gasteiger partial charge in [0.2, 0.25) is 0 Å². The Morgan fingerprint density at radius 1 is 1.22 bits per heavy atom. The fourth-order valence-electron chi connectivity index (χ4n) is 2.91. The average Bonchev–Trinajstić information content (AvgIpc) is 2.26. The topological polar surface area (TPSA) is 57.6 Å². The Bertz CT molecular complexity index is 423. The first-order valence-electron chi connectivity index (χ1n) is 5.96. The molecule has 106 valence electrons. The van der Waals surface area contributed by atoms with Crippen molar-refractivity contribution in [3.8, 4) is 0 Å². The second-order valence-electron chi connectivity index (χ2n) is 5.11. The number of nitrogens with zero attached hydrogens (tertiary/aromatic N) is 1. The molecule has 0 radical (unpaired) electrons. The highest BCUT2D eigenvalue weighted by Crippen LogP contribution is 2.41. The van der Waals surface area contributed by atoms with Crippen LogP contribution in [-0.4, -0.2) is 42.0 Å². The van der Waals surface area contributed by atoms with Crippen molar-refractivity contribution >= 4 is 10.0 Å². The third-order valence-corrected chi connectivity index (χ3v) is 5.62. The molecule has 2 aliphatic rings. The number of hydrogen-bond acceptors (Lipinski definition) is 3. The molecule has 0 aromatic carbocycles. The molecule has 1 N–H and O–H groups in total. The Kier molecular flexibility index (Phi) is 3.40. The quantitative estimate of drug-likeness (QED) is 0.794. The molecule has 0 aromatic heterocycles.